The second kappa shape index (κ2) is 6.91. The standard InChI is InChI=1S/C19H22FN5O2/c20-12-3-5-13(6-4-12)25-15-8-17(19(25)27)23(10-15)11-16(22)18(26)24-7-1-2-14(24)9-21/h3-6,14-17H,1-2,7-8,10-11,22H2/t14?,15-,16?,17?/m0/s1. The topological polar surface area (TPSA) is 93.7 Å². The minimum atomic E-state index is -0.745. The predicted octanol–water partition coefficient (Wildman–Crippen LogP) is 0.457. The Morgan fingerprint density at radius 3 is 2.78 bits per heavy atom. The van der Waals surface area contributed by atoms with Gasteiger partial charge in [0.25, 0.3) is 0 Å². The molecule has 7 nitrogen and oxygen atoms in total. The van der Waals surface area contributed by atoms with Crippen LogP contribution in [0.25, 0.3) is 0 Å². The van der Waals surface area contributed by atoms with E-state index in [-0.39, 0.29) is 29.7 Å². The molecule has 0 aliphatic carbocycles. The first-order valence-corrected chi connectivity index (χ1v) is 9.28. The van der Waals surface area contributed by atoms with E-state index in [0.29, 0.717) is 38.2 Å². The zero-order valence-electron chi connectivity index (χ0n) is 14.9. The van der Waals surface area contributed by atoms with Gasteiger partial charge in [0.15, 0.2) is 0 Å². The number of nitrogens with two attached hydrogens (primary N) is 1. The van der Waals surface area contributed by atoms with Gasteiger partial charge in [0, 0.05) is 25.3 Å². The van der Waals surface area contributed by atoms with E-state index >= 15 is 0 Å². The van der Waals surface area contributed by atoms with Crippen LogP contribution >= 0.6 is 0 Å². The van der Waals surface area contributed by atoms with Crippen LogP contribution in [-0.4, -0.2) is 65.4 Å². The number of halogens is 1. The Morgan fingerprint density at radius 2 is 2.11 bits per heavy atom. The number of hydrogen-bond acceptors (Lipinski definition) is 5. The first kappa shape index (κ1) is 17.9. The molecular weight excluding hydrogens is 349 g/mol. The van der Waals surface area contributed by atoms with E-state index in [1.165, 1.54) is 12.1 Å². The quantitative estimate of drug-likeness (QED) is 0.830. The summed E-state index contributed by atoms with van der Waals surface area (Å²) in [6.07, 6.45) is 2.19. The monoisotopic (exact) mass is 371 g/mol. The van der Waals surface area contributed by atoms with Crippen LogP contribution in [0.2, 0.25) is 0 Å². The molecule has 3 aliphatic heterocycles. The second-order valence-electron chi connectivity index (χ2n) is 7.47. The Bertz CT molecular complexity index is 792. The zero-order chi connectivity index (χ0) is 19.1. The maximum absolute atomic E-state index is 13.1. The fraction of sp³-hybridized carbons (Fsp3) is 0.526. The summed E-state index contributed by atoms with van der Waals surface area (Å²) in [7, 11) is 0. The number of carbonyl (C=O) groups excluding carboxylic acids is 2. The van der Waals surface area contributed by atoms with Crippen LogP contribution in [0.4, 0.5) is 10.1 Å². The van der Waals surface area contributed by atoms with E-state index in [0.717, 1.165) is 6.42 Å². The molecule has 0 spiro atoms. The molecule has 3 unspecified atom stereocenters. The first-order valence-electron chi connectivity index (χ1n) is 9.28. The van der Waals surface area contributed by atoms with Crippen LogP contribution in [0.1, 0.15) is 19.3 Å². The smallest absolute Gasteiger partial charge is 0.244 e. The number of likely N-dealkylation sites (tertiary alicyclic amines) is 2. The predicted molar refractivity (Wildman–Crippen MR) is 96.0 cm³/mol. The van der Waals surface area contributed by atoms with Gasteiger partial charge in [0.2, 0.25) is 11.8 Å². The van der Waals surface area contributed by atoms with Gasteiger partial charge in [-0.2, -0.15) is 5.26 Å². The summed E-state index contributed by atoms with van der Waals surface area (Å²) in [4.78, 5) is 30.6. The lowest BCUT2D eigenvalue weighted by Crippen LogP contribution is -2.56. The van der Waals surface area contributed by atoms with Crippen molar-refractivity contribution < 1.29 is 14.0 Å². The van der Waals surface area contributed by atoms with Crippen LogP contribution in [0.3, 0.4) is 0 Å². The lowest BCUT2D eigenvalue weighted by Gasteiger charge is -2.35. The zero-order valence-corrected chi connectivity index (χ0v) is 14.9. The fourth-order valence-electron chi connectivity index (χ4n) is 4.51. The third-order valence-corrected chi connectivity index (χ3v) is 5.81. The molecule has 4 rings (SSSR count). The maximum Gasteiger partial charge on any atom is 0.244 e. The highest BCUT2D eigenvalue weighted by atomic mass is 19.1. The third kappa shape index (κ3) is 3.07. The third-order valence-electron chi connectivity index (χ3n) is 5.81. The molecule has 0 aromatic heterocycles. The molecule has 3 fully saturated rings. The Kier molecular flexibility index (Phi) is 4.58. The Labute approximate surface area is 157 Å². The van der Waals surface area contributed by atoms with Crippen molar-refractivity contribution in [3.05, 3.63) is 30.1 Å². The van der Waals surface area contributed by atoms with Gasteiger partial charge in [-0.1, -0.05) is 0 Å². The number of fused-ring (bicyclic) bond motifs is 2. The molecule has 0 saturated carbocycles. The van der Waals surface area contributed by atoms with E-state index in [1.54, 1.807) is 21.9 Å². The summed E-state index contributed by atoms with van der Waals surface area (Å²) < 4.78 is 13.1. The van der Waals surface area contributed by atoms with E-state index in [4.69, 9.17) is 11.0 Å². The molecule has 1 aromatic rings. The SMILES string of the molecule is N#CC1CCCN1C(=O)C(N)CN1C[C@@H]2CC1C(=O)N2c1ccc(F)cc1. The van der Waals surface area contributed by atoms with Gasteiger partial charge in [-0.05, 0) is 43.5 Å². The van der Waals surface area contributed by atoms with Crippen molar-refractivity contribution in [3.63, 3.8) is 0 Å². The van der Waals surface area contributed by atoms with Crippen molar-refractivity contribution in [2.24, 2.45) is 5.73 Å². The summed E-state index contributed by atoms with van der Waals surface area (Å²) in [6.45, 7) is 1.50. The molecule has 142 valence electrons. The Morgan fingerprint density at radius 1 is 1.37 bits per heavy atom. The van der Waals surface area contributed by atoms with Crippen LogP contribution in [0, 0.1) is 17.1 Å². The van der Waals surface area contributed by atoms with Gasteiger partial charge in [0.1, 0.15) is 11.9 Å². The fourth-order valence-corrected chi connectivity index (χ4v) is 4.51. The van der Waals surface area contributed by atoms with Gasteiger partial charge < -0.3 is 15.5 Å². The number of nitriles is 1. The molecule has 3 heterocycles. The average molecular weight is 371 g/mol. The largest absolute Gasteiger partial charge is 0.325 e. The van der Waals surface area contributed by atoms with Crippen LogP contribution in [0.5, 0.6) is 0 Å². The number of hydrogen-bond donors (Lipinski definition) is 1. The summed E-state index contributed by atoms with van der Waals surface area (Å²) in [5, 5.41) is 9.16. The molecule has 8 heteroatoms. The van der Waals surface area contributed by atoms with Crippen LogP contribution in [-0.2, 0) is 9.59 Å². The average Bonchev–Trinajstić information content (AvgIpc) is 3.36. The summed E-state index contributed by atoms with van der Waals surface area (Å²) in [6, 6.07) is 6.65. The molecular formula is C19H22FN5O2. The van der Waals surface area contributed by atoms with Gasteiger partial charge in [0.05, 0.1) is 24.2 Å². The highest BCUT2D eigenvalue weighted by Crippen LogP contribution is 2.35. The summed E-state index contributed by atoms with van der Waals surface area (Å²) >= 11 is 0. The van der Waals surface area contributed by atoms with Crippen molar-refractivity contribution in [2.45, 2.75) is 43.4 Å². The van der Waals surface area contributed by atoms with E-state index in [2.05, 4.69) is 6.07 Å². The number of anilines is 1. The molecule has 2 bridgehead atoms. The van der Waals surface area contributed by atoms with Crippen LogP contribution < -0.4 is 10.6 Å². The Balaban J connectivity index is 1.40. The molecule has 2 N–H and O–H groups in total. The Hall–Kier alpha value is -2.50. The number of rotatable bonds is 4. The minimum absolute atomic E-state index is 0.00825. The van der Waals surface area contributed by atoms with E-state index in [9.17, 15) is 14.0 Å². The molecule has 3 aliphatic rings. The molecule has 27 heavy (non-hydrogen) atoms. The highest BCUT2D eigenvalue weighted by Gasteiger charge is 2.50. The molecule has 0 radical (unpaired) electrons. The molecule has 2 amide bonds. The minimum Gasteiger partial charge on any atom is -0.325 e. The van der Waals surface area contributed by atoms with Gasteiger partial charge in [-0.25, -0.2) is 4.39 Å². The van der Waals surface area contributed by atoms with Gasteiger partial charge in [-0.3, -0.25) is 14.5 Å². The van der Waals surface area contributed by atoms with Crippen molar-refractivity contribution in [1.82, 2.24) is 9.80 Å². The normalized spacial score (nSPS) is 28.6. The molecule has 4 atom stereocenters. The highest BCUT2D eigenvalue weighted by molar-refractivity contribution is 6.01. The molecule has 1 aromatic carbocycles. The van der Waals surface area contributed by atoms with Crippen molar-refractivity contribution >= 4 is 17.5 Å². The number of amides is 2. The van der Waals surface area contributed by atoms with Crippen molar-refractivity contribution in [1.29, 1.82) is 5.26 Å². The summed E-state index contributed by atoms with van der Waals surface area (Å²) in [5.74, 6) is -0.586. The lowest BCUT2D eigenvalue weighted by atomic mass is 10.2. The van der Waals surface area contributed by atoms with E-state index < -0.39 is 12.1 Å². The van der Waals surface area contributed by atoms with Crippen LogP contribution in [0.15, 0.2) is 24.3 Å². The number of carbonyl (C=O) groups is 2. The number of benzene rings is 1. The van der Waals surface area contributed by atoms with Crippen molar-refractivity contribution in [3.8, 4) is 6.07 Å². The van der Waals surface area contributed by atoms with Crippen molar-refractivity contribution in [2.75, 3.05) is 24.5 Å². The summed E-state index contributed by atoms with van der Waals surface area (Å²) in [5.41, 5.74) is 6.82. The number of piperazine rings is 1. The number of nitrogens with zero attached hydrogens (tertiary/aromatic N) is 4. The van der Waals surface area contributed by atoms with Gasteiger partial charge in [-0.15, -0.1) is 0 Å². The van der Waals surface area contributed by atoms with E-state index in [1.807, 2.05) is 4.90 Å². The molecule has 3 saturated heterocycles. The second-order valence-corrected chi connectivity index (χ2v) is 7.47. The first-order chi connectivity index (χ1) is 13.0. The van der Waals surface area contributed by atoms with Gasteiger partial charge >= 0.3 is 0 Å². The maximum atomic E-state index is 13.1. The lowest BCUT2D eigenvalue weighted by molar-refractivity contribution is -0.134.